The minimum Gasteiger partial charge on any atom is -0.493 e. The van der Waals surface area contributed by atoms with E-state index in [0.29, 0.717) is 53.9 Å². The Morgan fingerprint density at radius 2 is 1.73 bits per heavy atom. The molecule has 0 bridgehead atoms. The highest BCUT2D eigenvalue weighted by atomic mass is 16.5. The molecule has 0 radical (unpaired) electrons. The molecule has 4 rings (SSSR count). The van der Waals surface area contributed by atoms with Crippen molar-refractivity contribution in [3.63, 3.8) is 0 Å². The zero-order valence-corrected chi connectivity index (χ0v) is 23.1. The van der Waals surface area contributed by atoms with Gasteiger partial charge in [0.05, 0.1) is 25.7 Å². The minimum absolute atomic E-state index is 0.0111. The van der Waals surface area contributed by atoms with Gasteiger partial charge in [0.2, 0.25) is 5.88 Å². The van der Waals surface area contributed by atoms with E-state index in [1.165, 1.54) is 0 Å². The lowest BCUT2D eigenvalue weighted by molar-refractivity contribution is 0.0730. The van der Waals surface area contributed by atoms with Crippen molar-refractivity contribution < 1.29 is 28.5 Å². The number of rotatable bonds is 12. The Hall–Kier alpha value is -4.64. The van der Waals surface area contributed by atoms with Crippen molar-refractivity contribution >= 4 is 5.97 Å². The van der Waals surface area contributed by atoms with Gasteiger partial charge in [0.1, 0.15) is 34.5 Å². The first kappa shape index (κ1) is 28.4. The van der Waals surface area contributed by atoms with Crippen LogP contribution >= 0.6 is 0 Å². The van der Waals surface area contributed by atoms with E-state index in [1.54, 1.807) is 42.5 Å². The third-order valence-electron chi connectivity index (χ3n) is 6.33. The molecule has 8 heteroatoms. The molecule has 40 heavy (non-hydrogen) atoms. The Morgan fingerprint density at radius 1 is 0.925 bits per heavy atom. The fourth-order valence-corrected chi connectivity index (χ4v) is 4.40. The van der Waals surface area contributed by atoms with Gasteiger partial charge in [-0.25, -0.2) is 4.79 Å². The van der Waals surface area contributed by atoms with Crippen molar-refractivity contribution in [2.24, 2.45) is 5.73 Å². The number of carbonyl (C=O) groups is 1. The zero-order chi connectivity index (χ0) is 28.5. The summed E-state index contributed by atoms with van der Waals surface area (Å²) in [6, 6.07) is 19.8. The number of nitrogens with two attached hydrogens (primary N) is 1. The van der Waals surface area contributed by atoms with E-state index in [-0.39, 0.29) is 17.2 Å². The number of carbonyl (C=O) groups excluding carboxylic acids is 1. The number of ether oxygens (including phenoxy) is 5. The Balaban J connectivity index is 1.65. The van der Waals surface area contributed by atoms with Crippen LogP contribution in [-0.2, 0) is 0 Å². The Morgan fingerprint density at radius 3 is 2.48 bits per heavy atom. The maximum atomic E-state index is 13.0. The molecule has 0 saturated carbocycles. The zero-order valence-electron chi connectivity index (χ0n) is 23.1. The van der Waals surface area contributed by atoms with Crippen molar-refractivity contribution in [3.05, 3.63) is 88.8 Å². The van der Waals surface area contributed by atoms with Crippen LogP contribution in [0.25, 0.3) is 0 Å². The van der Waals surface area contributed by atoms with E-state index < -0.39 is 11.9 Å². The summed E-state index contributed by atoms with van der Waals surface area (Å²) in [6.45, 7) is 7.54. The van der Waals surface area contributed by atoms with Crippen LogP contribution < -0.4 is 29.4 Å². The molecule has 3 aromatic carbocycles. The second-order valence-electron chi connectivity index (χ2n) is 9.20. The quantitative estimate of drug-likeness (QED) is 0.157. The van der Waals surface area contributed by atoms with Crippen molar-refractivity contribution in [1.82, 2.24) is 0 Å². The van der Waals surface area contributed by atoms with Crippen molar-refractivity contribution in [1.29, 1.82) is 5.26 Å². The highest BCUT2D eigenvalue weighted by Crippen LogP contribution is 2.45. The summed E-state index contributed by atoms with van der Waals surface area (Å²) in [7, 11) is 0. The largest absolute Gasteiger partial charge is 0.493 e. The number of nitrogens with zero attached hydrogens (tertiary/aromatic N) is 1. The first-order valence-corrected chi connectivity index (χ1v) is 13.6. The molecule has 1 heterocycles. The minimum atomic E-state index is -0.555. The number of nitriles is 1. The molecule has 1 aliphatic heterocycles. The number of para-hydroxylation sites is 1. The van der Waals surface area contributed by atoms with Gasteiger partial charge in [0.25, 0.3) is 0 Å². The van der Waals surface area contributed by atoms with Gasteiger partial charge in [0, 0.05) is 11.6 Å². The molecular formula is C32H34N2O6. The van der Waals surface area contributed by atoms with Gasteiger partial charge in [-0.2, -0.15) is 5.26 Å². The number of hydrogen-bond acceptors (Lipinski definition) is 8. The molecular weight excluding hydrogens is 508 g/mol. The van der Waals surface area contributed by atoms with Crippen molar-refractivity contribution in [2.45, 2.75) is 46.0 Å². The summed E-state index contributed by atoms with van der Waals surface area (Å²) in [6.07, 6.45) is 2.77. The maximum Gasteiger partial charge on any atom is 0.347 e. The first-order chi connectivity index (χ1) is 19.5. The molecule has 0 fully saturated rings. The number of esters is 1. The smallest absolute Gasteiger partial charge is 0.347 e. The van der Waals surface area contributed by atoms with Gasteiger partial charge in [-0.3, -0.25) is 0 Å². The Bertz CT molecular complexity index is 1430. The standard InChI is InChI=1S/C32H34N2O6/c1-4-7-17-38-27-15-12-21(18-29(27)36-6-3)30-23-14-13-22(19-28(23)40-31(34)25(30)20-33)39-32(35)24-10-8-9-11-26(24)37-16-5-2/h8-15,18-19,30H,4-7,16-17,34H2,1-3H3. The number of fused-ring (bicyclic) bond motifs is 1. The summed E-state index contributed by atoms with van der Waals surface area (Å²) < 4.78 is 29.0. The van der Waals surface area contributed by atoms with Crippen LogP contribution in [0.3, 0.4) is 0 Å². The lowest BCUT2D eigenvalue weighted by Crippen LogP contribution is -2.21. The van der Waals surface area contributed by atoms with E-state index >= 15 is 0 Å². The lowest BCUT2D eigenvalue weighted by Gasteiger charge is -2.27. The van der Waals surface area contributed by atoms with Gasteiger partial charge in [-0.05, 0) is 55.7 Å². The average Bonchev–Trinajstić information content (AvgIpc) is 2.96. The highest BCUT2D eigenvalue weighted by Gasteiger charge is 2.32. The van der Waals surface area contributed by atoms with Gasteiger partial charge >= 0.3 is 5.97 Å². The molecule has 8 nitrogen and oxygen atoms in total. The van der Waals surface area contributed by atoms with Crippen LogP contribution in [0.1, 0.15) is 67.4 Å². The molecule has 1 unspecified atom stereocenters. The third kappa shape index (κ3) is 6.32. The van der Waals surface area contributed by atoms with Crippen LogP contribution in [0, 0.1) is 11.3 Å². The van der Waals surface area contributed by atoms with Crippen molar-refractivity contribution in [3.8, 4) is 34.8 Å². The summed E-state index contributed by atoms with van der Waals surface area (Å²) >= 11 is 0. The normalized spacial score (nSPS) is 14.0. The number of allylic oxidation sites excluding steroid dienone is 1. The van der Waals surface area contributed by atoms with E-state index in [4.69, 9.17) is 29.4 Å². The summed E-state index contributed by atoms with van der Waals surface area (Å²) in [5.41, 5.74) is 8.31. The van der Waals surface area contributed by atoms with Gasteiger partial charge in [0.15, 0.2) is 11.5 Å². The van der Waals surface area contributed by atoms with Crippen molar-refractivity contribution in [2.75, 3.05) is 19.8 Å². The lowest BCUT2D eigenvalue weighted by atomic mass is 9.83. The van der Waals surface area contributed by atoms with Crippen LogP contribution in [0.4, 0.5) is 0 Å². The highest BCUT2D eigenvalue weighted by molar-refractivity contribution is 5.94. The molecule has 2 N–H and O–H groups in total. The van der Waals surface area contributed by atoms with Crippen LogP contribution in [0.2, 0.25) is 0 Å². The molecule has 0 aromatic heterocycles. The molecule has 0 aliphatic carbocycles. The second-order valence-corrected chi connectivity index (χ2v) is 9.20. The topological polar surface area (TPSA) is 113 Å². The molecule has 1 aliphatic rings. The van der Waals surface area contributed by atoms with E-state index in [9.17, 15) is 10.1 Å². The molecule has 0 saturated heterocycles. The van der Waals surface area contributed by atoms with Crippen LogP contribution in [0.5, 0.6) is 28.7 Å². The first-order valence-electron chi connectivity index (χ1n) is 13.6. The van der Waals surface area contributed by atoms with Crippen LogP contribution in [0.15, 0.2) is 72.1 Å². The van der Waals surface area contributed by atoms with Gasteiger partial charge < -0.3 is 29.4 Å². The average molecular weight is 543 g/mol. The summed E-state index contributed by atoms with van der Waals surface area (Å²) in [5, 5.41) is 9.97. The van der Waals surface area contributed by atoms with E-state index in [1.807, 2.05) is 32.0 Å². The summed E-state index contributed by atoms with van der Waals surface area (Å²) in [5.74, 6) is 1.29. The maximum absolute atomic E-state index is 13.0. The molecule has 1 atom stereocenters. The number of unbranched alkanes of at least 4 members (excludes halogenated alkanes) is 1. The SMILES string of the molecule is CCCCOc1ccc(C2C(C#N)=C(N)Oc3cc(OC(=O)c4ccccc4OCCC)ccc32)cc1OCC. The van der Waals surface area contributed by atoms with E-state index in [2.05, 4.69) is 13.0 Å². The molecule has 208 valence electrons. The number of hydrogen-bond donors (Lipinski definition) is 1. The monoisotopic (exact) mass is 542 g/mol. The second kappa shape index (κ2) is 13.4. The Labute approximate surface area is 234 Å². The van der Waals surface area contributed by atoms with Crippen LogP contribution in [-0.4, -0.2) is 25.8 Å². The van der Waals surface area contributed by atoms with Gasteiger partial charge in [-0.15, -0.1) is 0 Å². The van der Waals surface area contributed by atoms with Gasteiger partial charge in [-0.1, -0.05) is 44.5 Å². The summed E-state index contributed by atoms with van der Waals surface area (Å²) in [4.78, 5) is 13.0. The predicted octanol–water partition coefficient (Wildman–Crippen LogP) is 6.49. The third-order valence-corrected chi connectivity index (χ3v) is 6.33. The number of benzene rings is 3. The molecule has 3 aromatic rings. The Kier molecular flexibility index (Phi) is 9.53. The predicted molar refractivity (Wildman–Crippen MR) is 151 cm³/mol. The molecule has 0 amide bonds. The van der Waals surface area contributed by atoms with E-state index in [0.717, 1.165) is 24.8 Å². The molecule has 0 spiro atoms. The fraction of sp³-hybridized carbons (Fsp3) is 0.312. The fourth-order valence-electron chi connectivity index (χ4n) is 4.40.